The smallest absolute Gasteiger partial charge is 0.260 e. The second kappa shape index (κ2) is 6.04. The van der Waals surface area contributed by atoms with Crippen LogP contribution >= 0.6 is 0 Å². The molecule has 1 saturated carbocycles. The molecule has 1 aliphatic heterocycles. The Morgan fingerprint density at radius 2 is 2.29 bits per heavy atom. The van der Waals surface area contributed by atoms with E-state index in [0.717, 1.165) is 12.0 Å². The number of aromatic amines is 1. The van der Waals surface area contributed by atoms with Crippen molar-refractivity contribution < 1.29 is 13.2 Å². The zero-order chi connectivity index (χ0) is 14.9. The van der Waals surface area contributed by atoms with Crippen LogP contribution in [0.4, 0.5) is 0 Å². The number of nitrogens with one attached hydrogen (secondary N) is 2. The third kappa shape index (κ3) is 3.28. The molecule has 1 atom stereocenters. The summed E-state index contributed by atoms with van der Waals surface area (Å²) in [6.07, 6.45) is 4.79. The van der Waals surface area contributed by atoms with Gasteiger partial charge in [-0.2, -0.15) is 9.40 Å². The molecule has 1 unspecified atom stereocenters. The second-order valence-corrected chi connectivity index (χ2v) is 7.73. The molecule has 1 aromatic rings. The van der Waals surface area contributed by atoms with Gasteiger partial charge in [-0.3, -0.25) is 5.10 Å². The molecule has 1 aromatic heterocycles. The highest BCUT2D eigenvalue weighted by Gasteiger charge is 2.35. The molecular weight excluding hydrogens is 292 g/mol. The average molecular weight is 314 g/mol. The number of rotatable bonds is 7. The summed E-state index contributed by atoms with van der Waals surface area (Å²) in [5, 5.41) is 10.1. The van der Waals surface area contributed by atoms with E-state index in [2.05, 4.69) is 15.5 Å². The van der Waals surface area contributed by atoms with Gasteiger partial charge < -0.3 is 10.1 Å². The van der Waals surface area contributed by atoms with Gasteiger partial charge in [-0.1, -0.05) is 0 Å². The average Bonchev–Trinajstić information content (AvgIpc) is 2.97. The van der Waals surface area contributed by atoms with Crippen molar-refractivity contribution in [3.63, 3.8) is 0 Å². The molecule has 2 heterocycles. The van der Waals surface area contributed by atoms with E-state index in [1.54, 1.807) is 13.3 Å². The summed E-state index contributed by atoms with van der Waals surface area (Å²) in [4.78, 5) is 0. The Morgan fingerprint density at radius 1 is 1.48 bits per heavy atom. The summed E-state index contributed by atoms with van der Waals surface area (Å²) < 4.78 is 32.1. The lowest BCUT2D eigenvalue weighted by Crippen LogP contribution is -2.31. The summed E-state index contributed by atoms with van der Waals surface area (Å²) in [6, 6.07) is 0.535. The first-order valence-corrected chi connectivity index (χ1v) is 8.80. The third-order valence-corrected chi connectivity index (χ3v) is 5.97. The summed E-state index contributed by atoms with van der Waals surface area (Å²) >= 11 is 0. The van der Waals surface area contributed by atoms with E-state index in [1.807, 2.05) is 0 Å². The number of methoxy groups -OCH3 is 1. The van der Waals surface area contributed by atoms with Gasteiger partial charge in [-0.05, 0) is 25.2 Å². The first-order valence-electron chi connectivity index (χ1n) is 7.36. The lowest BCUT2D eigenvalue weighted by atomic mass is 10.1. The predicted molar refractivity (Wildman–Crippen MR) is 77.2 cm³/mol. The summed E-state index contributed by atoms with van der Waals surface area (Å²) in [5.41, 5.74) is 0.720. The van der Waals surface area contributed by atoms with Crippen molar-refractivity contribution in [1.82, 2.24) is 19.8 Å². The highest BCUT2D eigenvalue weighted by atomic mass is 32.2. The minimum absolute atomic E-state index is 0.230. The van der Waals surface area contributed by atoms with Crippen molar-refractivity contribution in [2.75, 3.05) is 26.8 Å². The minimum Gasteiger partial charge on any atom is -0.384 e. The molecular formula is C13H22N4O3S. The van der Waals surface area contributed by atoms with Gasteiger partial charge in [-0.15, -0.1) is 0 Å². The van der Waals surface area contributed by atoms with Crippen LogP contribution in [0, 0.1) is 5.92 Å². The fraction of sp³-hybridized carbons (Fsp3) is 0.769. The maximum atomic E-state index is 12.7. The zero-order valence-electron chi connectivity index (χ0n) is 12.2. The molecule has 8 heteroatoms. The molecule has 0 radical (unpaired) electrons. The Labute approximate surface area is 125 Å². The molecule has 0 spiro atoms. The first-order chi connectivity index (χ1) is 10.1. The van der Waals surface area contributed by atoms with Crippen LogP contribution in [-0.2, 0) is 21.3 Å². The molecule has 7 nitrogen and oxygen atoms in total. The second-order valence-electron chi connectivity index (χ2n) is 5.85. The van der Waals surface area contributed by atoms with Gasteiger partial charge in [-0.25, -0.2) is 8.42 Å². The molecule has 118 valence electrons. The zero-order valence-corrected chi connectivity index (χ0v) is 13.0. The van der Waals surface area contributed by atoms with Gasteiger partial charge in [0.25, 0.3) is 10.0 Å². The summed E-state index contributed by atoms with van der Waals surface area (Å²) in [6.45, 7) is 2.21. The van der Waals surface area contributed by atoms with E-state index in [-0.39, 0.29) is 10.9 Å². The number of aromatic nitrogens is 2. The van der Waals surface area contributed by atoms with Crippen LogP contribution in [0.2, 0.25) is 0 Å². The molecule has 0 bridgehead atoms. The van der Waals surface area contributed by atoms with E-state index in [9.17, 15) is 8.42 Å². The van der Waals surface area contributed by atoms with Crippen molar-refractivity contribution >= 4 is 10.0 Å². The fourth-order valence-corrected chi connectivity index (χ4v) is 4.34. The molecule has 2 N–H and O–H groups in total. The van der Waals surface area contributed by atoms with Gasteiger partial charge in [0, 0.05) is 38.3 Å². The maximum Gasteiger partial charge on any atom is 0.260 e. The van der Waals surface area contributed by atoms with Crippen LogP contribution in [0.3, 0.4) is 0 Å². The predicted octanol–water partition coefficient (Wildman–Crippen LogP) is 0.319. The Kier molecular flexibility index (Phi) is 4.30. The van der Waals surface area contributed by atoms with Crippen molar-refractivity contribution in [3.8, 4) is 0 Å². The van der Waals surface area contributed by atoms with Crippen molar-refractivity contribution in [1.29, 1.82) is 0 Å². The van der Waals surface area contributed by atoms with E-state index >= 15 is 0 Å². The topological polar surface area (TPSA) is 87.3 Å². The number of H-pyrrole nitrogens is 1. The van der Waals surface area contributed by atoms with Crippen LogP contribution in [0.25, 0.3) is 0 Å². The Morgan fingerprint density at radius 3 is 3.00 bits per heavy atom. The highest BCUT2D eigenvalue weighted by Crippen LogP contribution is 2.26. The quantitative estimate of drug-likeness (QED) is 0.757. The lowest BCUT2D eigenvalue weighted by molar-refractivity contribution is 0.157. The molecule has 21 heavy (non-hydrogen) atoms. The molecule has 2 aliphatic rings. The van der Waals surface area contributed by atoms with Gasteiger partial charge in [0.1, 0.15) is 0 Å². The van der Waals surface area contributed by atoms with Crippen molar-refractivity contribution in [2.45, 2.75) is 36.9 Å². The minimum atomic E-state index is -3.49. The van der Waals surface area contributed by atoms with Crippen LogP contribution in [-0.4, -0.2) is 55.8 Å². The Hall–Kier alpha value is -0.960. The number of hydrogen-bond donors (Lipinski definition) is 2. The summed E-state index contributed by atoms with van der Waals surface area (Å²) in [5.74, 6) is 0.278. The maximum absolute atomic E-state index is 12.7. The third-order valence-electron chi connectivity index (χ3n) is 4.09. The number of hydrogen-bond acceptors (Lipinski definition) is 5. The standard InChI is InChI=1S/C13H22N4O3S/c1-20-9-10-4-5-17(8-10)21(18,19)13-11(7-15-16-13)6-14-12-2-3-12/h7,10,12,14H,2-6,8-9H2,1H3,(H,15,16). The molecule has 1 saturated heterocycles. The van der Waals surface area contributed by atoms with E-state index in [0.29, 0.717) is 32.3 Å². The van der Waals surface area contributed by atoms with Gasteiger partial charge in [0.2, 0.25) is 0 Å². The monoisotopic (exact) mass is 314 g/mol. The highest BCUT2D eigenvalue weighted by molar-refractivity contribution is 7.89. The number of sulfonamides is 1. The largest absolute Gasteiger partial charge is 0.384 e. The van der Waals surface area contributed by atoms with Crippen LogP contribution in [0.1, 0.15) is 24.8 Å². The van der Waals surface area contributed by atoms with Crippen LogP contribution in [0.5, 0.6) is 0 Å². The first kappa shape index (κ1) is 15.0. The van der Waals surface area contributed by atoms with Gasteiger partial charge in [0.05, 0.1) is 12.8 Å². The Bertz CT molecular complexity index is 582. The molecule has 0 aromatic carbocycles. The molecule has 0 amide bonds. The number of ether oxygens (including phenoxy) is 1. The number of nitrogens with zero attached hydrogens (tertiary/aromatic N) is 2. The lowest BCUT2D eigenvalue weighted by Gasteiger charge is -2.16. The Balaban J connectivity index is 1.71. The van der Waals surface area contributed by atoms with Crippen molar-refractivity contribution in [3.05, 3.63) is 11.8 Å². The van der Waals surface area contributed by atoms with E-state index in [4.69, 9.17) is 4.74 Å². The normalized spacial score (nSPS) is 23.8. The van der Waals surface area contributed by atoms with Gasteiger partial charge >= 0.3 is 0 Å². The SMILES string of the molecule is COCC1CCN(S(=O)(=O)c2[nH]ncc2CNC2CC2)C1. The summed E-state index contributed by atoms with van der Waals surface area (Å²) in [7, 11) is -1.84. The molecule has 3 rings (SSSR count). The van der Waals surface area contributed by atoms with E-state index in [1.165, 1.54) is 17.1 Å². The van der Waals surface area contributed by atoms with Gasteiger partial charge in [0.15, 0.2) is 5.03 Å². The van der Waals surface area contributed by atoms with E-state index < -0.39 is 10.0 Å². The molecule has 2 fully saturated rings. The van der Waals surface area contributed by atoms with Crippen LogP contribution < -0.4 is 5.32 Å². The molecule has 1 aliphatic carbocycles. The van der Waals surface area contributed by atoms with Crippen molar-refractivity contribution in [2.24, 2.45) is 5.92 Å². The van der Waals surface area contributed by atoms with Crippen LogP contribution in [0.15, 0.2) is 11.2 Å². The fourth-order valence-electron chi connectivity index (χ4n) is 2.71.